The topological polar surface area (TPSA) is 67.6 Å². The molecular formula is C13H19N3O3. The minimum atomic E-state index is -0.406. The van der Waals surface area contributed by atoms with Crippen LogP contribution in [0.5, 0.6) is 5.75 Å². The molecule has 0 aromatic heterocycles. The summed E-state index contributed by atoms with van der Waals surface area (Å²) in [6.07, 6.45) is 2.46. The van der Waals surface area contributed by atoms with Gasteiger partial charge in [-0.1, -0.05) is 6.07 Å². The molecule has 0 amide bonds. The maximum atomic E-state index is 11.1. The minimum Gasteiger partial charge on any atom is -0.485 e. The molecule has 104 valence electrons. The molecule has 2 rings (SSSR count). The first-order valence-electron chi connectivity index (χ1n) is 6.52. The summed E-state index contributed by atoms with van der Waals surface area (Å²) < 4.78 is 5.58. The molecule has 0 unspecified atom stereocenters. The lowest BCUT2D eigenvalue weighted by Gasteiger charge is -2.15. The Bertz CT molecular complexity index is 445. The van der Waals surface area contributed by atoms with E-state index in [0.717, 1.165) is 19.6 Å². The first kappa shape index (κ1) is 13.6. The number of nitro groups is 1. The van der Waals surface area contributed by atoms with E-state index in [2.05, 4.69) is 10.2 Å². The molecule has 1 fully saturated rings. The molecule has 0 aliphatic carbocycles. The van der Waals surface area contributed by atoms with Crippen LogP contribution in [0.25, 0.3) is 0 Å². The van der Waals surface area contributed by atoms with Gasteiger partial charge in [0, 0.05) is 13.6 Å². The molecule has 1 aliphatic rings. The van der Waals surface area contributed by atoms with Gasteiger partial charge in [0.15, 0.2) is 5.75 Å². The SMILES string of the molecule is CNc1cccc(OCCN2CCCC2)c1[N+](=O)[O-]. The fourth-order valence-electron chi connectivity index (χ4n) is 2.32. The summed E-state index contributed by atoms with van der Waals surface area (Å²) in [5.41, 5.74) is 0.482. The van der Waals surface area contributed by atoms with Crippen LogP contribution in [0.2, 0.25) is 0 Å². The largest absolute Gasteiger partial charge is 0.485 e. The Balaban J connectivity index is 2.00. The molecule has 0 atom stereocenters. The number of rotatable bonds is 6. The number of hydrogen-bond acceptors (Lipinski definition) is 5. The monoisotopic (exact) mass is 265 g/mol. The maximum Gasteiger partial charge on any atom is 0.333 e. The molecule has 1 aromatic rings. The average Bonchev–Trinajstić information content (AvgIpc) is 2.91. The van der Waals surface area contributed by atoms with Crippen molar-refractivity contribution in [2.45, 2.75) is 12.8 Å². The molecule has 0 radical (unpaired) electrons. The summed E-state index contributed by atoms with van der Waals surface area (Å²) in [6.45, 7) is 3.50. The predicted molar refractivity (Wildman–Crippen MR) is 73.8 cm³/mol. The molecule has 6 heteroatoms. The van der Waals surface area contributed by atoms with Crippen molar-refractivity contribution in [2.24, 2.45) is 0 Å². The summed E-state index contributed by atoms with van der Waals surface area (Å²) >= 11 is 0. The van der Waals surface area contributed by atoms with Gasteiger partial charge >= 0.3 is 5.69 Å². The van der Waals surface area contributed by atoms with Gasteiger partial charge < -0.3 is 10.1 Å². The van der Waals surface area contributed by atoms with E-state index >= 15 is 0 Å². The molecule has 1 aromatic carbocycles. The van der Waals surface area contributed by atoms with Gasteiger partial charge in [-0.3, -0.25) is 15.0 Å². The van der Waals surface area contributed by atoms with Crippen LogP contribution in [0.15, 0.2) is 18.2 Å². The molecule has 1 aliphatic heterocycles. The maximum absolute atomic E-state index is 11.1. The average molecular weight is 265 g/mol. The summed E-state index contributed by atoms with van der Waals surface area (Å²) in [7, 11) is 1.66. The third-order valence-corrected chi connectivity index (χ3v) is 3.31. The van der Waals surface area contributed by atoms with Crippen molar-refractivity contribution in [2.75, 3.05) is 38.6 Å². The van der Waals surface area contributed by atoms with Crippen molar-refractivity contribution in [3.05, 3.63) is 28.3 Å². The smallest absolute Gasteiger partial charge is 0.333 e. The van der Waals surface area contributed by atoms with Gasteiger partial charge in [0.2, 0.25) is 0 Å². The second-order valence-electron chi connectivity index (χ2n) is 4.56. The molecule has 0 saturated carbocycles. The molecule has 19 heavy (non-hydrogen) atoms. The van der Waals surface area contributed by atoms with E-state index < -0.39 is 4.92 Å². The van der Waals surface area contributed by atoms with Crippen molar-refractivity contribution in [1.82, 2.24) is 4.90 Å². The van der Waals surface area contributed by atoms with E-state index in [-0.39, 0.29) is 5.69 Å². The van der Waals surface area contributed by atoms with Gasteiger partial charge in [-0.05, 0) is 38.1 Å². The first-order chi connectivity index (χ1) is 9.22. The highest BCUT2D eigenvalue weighted by atomic mass is 16.6. The number of ether oxygens (including phenoxy) is 1. The van der Waals surface area contributed by atoms with Gasteiger partial charge in [-0.2, -0.15) is 0 Å². The van der Waals surface area contributed by atoms with Crippen LogP contribution in [0.1, 0.15) is 12.8 Å². The number of hydrogen-bond donors (Lipinski definition) is 1. The van der Waals surface area contributed by atoms with E-state index in [4.69, 9.17) is 4.74 Å². The minimum absolute atomic E-state index is 0.00595. The molecule has 6 nitrogen and oxygen atoms in total. The molecule has 1 N–H and O–H groups in total. The first-order valence-corrected chi connectivity index (χ1v) is 6.52. The normalized spacial score (nSPS) is 15.4. The summed E-state index contributed by atoms with van der Waals surface area (Å²) in [6, 6.07) is 5.07. The Labute approximate surface area is 112 Å². The number of benzene rings is 1. The second kappa shape index (κ2) is 6.38. The highest BCUT2D eigenvalue weighted by molar-refractivity contribution is 5.68. The number of nitrogens with one attached hydrogen (secondary N) is 1. The Kier molecular flexibility index (Phi) is 4.57. The van der Waals surface area contributed by atoms with Crippen LogP contribution in [-0.4, -0.2) is 43.1 Å². The number of nitrogens with zero attached hydrogens (tertiary/aromatic N) is 2. The van der Waals surface area contributed by atoms with Crippen molar-refractivity contribution in [1.29, 1.82) is 0 Å². The quantitative estimate of drug-likeness (QED) is 0.630. The molecule has 0 bridgehead atoms. The number of likely N-dealkylation sites (tertiary alicyclic amines) is 1. The van der Waals surface area contributed by atoms with E-state index in [0.29, 0.717) is 18.0 Å². The van der Waals surface area contributed by atoms with Gasteiger partial charge in [0.05, 0.1) is 4.92 Å². The van der Waals surface area contributed by atoms with E-state index in [1.54, 1.807) is 25.2 Å². The second-order valence-corrected chi connectivity index (χ2v) is 4.56. The zero-order valence-corrected chi connectivity index (χ0v) is 11.1. The Morgan fingerprint density at radius 2 is 2.16 bits per heavy atom. The third-order valence-electron chi connectivity index (χ3n) is 3.31. The third kappa shape index (κ3) is 3.35. The number of anilines is 1. The van der Waals surface area contributed by atoms with Crippen molar-refractivity contribution in [3.63, 3.8) is 0 Å². The number of para-hydroxylation sites is 1. The van der Waals surface area contributed by atoms with Crippen molar-refractivity contribution < 1.29 is 9.66 Å². The fourth-order valence-corrected chi connectivity index (χ4v) is 2.32. The van der Waals surface area contributed by atoms with Crippen LogP contribution < -0.4 is 10.1 Å². The highest BCUT2D eigenvalue weighted by Crippen LogP contribution is 2.34. The van der Waals surface area contributed by atoms with Gasteiger partial charge in [-0.25, -0.2) is 0 Å². The van der Waals surface area contributed by atoms with Crippen LogP contribution in [0, 0.1) is 10.1 Å². The molecule has 1 saturated heterocycles. The van der Waals surface area contributed by atoms with Crippen LogP contribution in [0.3, 0.4) is 0 Å². The molecule has 1 heterocycles. The molecular weight excluding hydrogens is 246 g/mol. The number of nitro benzene ring substituents is 1. The lowest BCUT2D eigenvalue weighted by Crippen LogP contribution is -2.25. The van der Waals surface area contributed by atoms with E-state index in [1.807, 2.05) is 0 Å². The Morgan fingerprint density at radius 3 is 2.79 bits per heavy atom. The van der Waals surface area contributed by atoms with Crippen molar-refractivity contribution in [3.8, 4) is 5.75 Å². The van der Waals surface area contributed by atoms with Gasteiger partial charge in [0.25, 0.3) is 0 Å². The highest BCUT2D eigenvalue weighted by Gasteiger charge is 2.20. The Hall–Kier alpha value is -1.82. The standard InChI is InChI=1S/C13H19N3O3/c1-14-11-5-4-6-12(13(11)16(17)18)19-10-9-15-7-2-3-8-15/h4-6,14H,2-3,7-10H2,1H3. The zero-order valence-electron chi connectivity index (χ0n) is 11.1. The van der Waals surface area contributed by atoms with Crippen LogP contribution in [0.4, 0.5) is 11.4 Å². The van der Waals surface area contributed by atoms with E-state index in [1.165, 1.54) is 12.8 Å². The molecule has 0 spiro atoms. The zero-order chi connectivity index (χ0) is 13.7. The predicted octanol–water partition coefficient (Wildman–Crippen LogP) is 2.11. The summed E-state index contributed by atoms with van der Waals surface area (Å²) in [5, 5.41) is 13.9. The summed E-state index contributed by atoms with van der Waals surface area (Å²) in [5.74, 6) is 0.330. The Morgan fingerprint density at radius 1 is 1.42 bits per heavy atom. The van der Waals surface area contributed by atoms with Gasteiger partial charge in [0.1, 0.15) is 12.3 Å². The van der Waals surface area contributed by atoms with Crippen molar-refractivity contribution >= 4 is 11.4 Å². The van der Waals surface area contributed by atoms with Crippen LogP contribution in [-0.2, 0) is 0 Å². The van der Waals surface area contributed by atoms with Crippen LogP contribution >= 0.6 is 0 Å². The lowest BCUT2D eigenvalue weighted by atomic mass is 10.2. The van der Waals surface area contributed by atoms with E-state index in [9.17, 15) is 10.1 Å². The van der Waals surface area contributed by atoms with Gasteiger partial charge in [-0.15, -0.1) is 0 Å². The fraction of sp³-hybridized carbons (Fsp3) is 0.538. The lowest BCUT2D eigenvalue weighted by molar-refractivity contribution is -0.384. The summed E-state index contributed by atoms with van der Waals surface area (Å²) in [4.78, 5) is 13.0.